The third-order valence-corrected chi connectivity index (χ3v) is 5.14. The lowest BCUT2D eigenvalue weighted by molar-refractivity contribution is -0.143. The highest BCUT2D eigenvalue weighted by Crippen LogP contribution is 2.40. The second-order valence-electron chi connectivity index (χ2n) is 6.66. The summed E-state index contributed by atoms with van der Waals surface area (Å²) in [6.07, 6.45) is 0.527. The van der Waals surface area contributed by atoms with Gasteiger partial charge in [-0.3, -0.25) is 10.1 Å². The third-order valence-electron chi connectivity index (χ3n) is 5.14. The normalized spacial score (nSPS) is 23.3. The van der Waals surface area contributed by atoms with Gasteiger partial charge in [-0.05, 0) is 29.3 Å². The van der Waals surface area contributed by atoms with E-state index in [9.17, 15) is 9.18 Å². The highest BCUT2D eigenvalue weighted by molar-refractivity contribution is 5.87. The van der Waals surface area contributed by atoms with E-state index in [1.165, 1.54) is 7.11 Å². The Bertz CT molecular complexity index is 1050. The predicted octanol–water partition coefficient (Wildman–Crippen LogP) is 2.97. The van der Waals surface area contributed by atoms with Crippen molar-refractivity contribution in [1.29, 1.82) is 0 Å². The predicted molar refractivity (Wildman–Crippen MR) is 95.4 cm³/mol. The average Bonchev–Trinajstić information content (AvgIpc) is 3.25. The molecule has 3 heterocycles. The van der Waals surface area contributed by atoms with Crippen LogP contribution in [0.1, 0.15) is 22.9 Å². The summed E-state index contributed by atoms with van der Waals surface area (Å²) in [6, 6.07) is 12.5. The number of ether oxygens (including phenoxy) is 3. The van der Waals surface area contributed by atoms with Gasteiger partial charge in [-0.15, -0.1) is 0 Å². The first-order chi connectivity index (χ1) is 13.1. The van der Waals surface area contributed by atoms with Crippen molar-refractivity contribution in [3.05, 3.63) is 59.3 Å². The maximum atomic E-state index is 13.4. The van der Waals surface area contributed by atoms with E-state index < -0.39 is 12.6 Å². The molecule has 2 aliphatic heterocycles. The quantitative estimate of drug-likeness (QED) is 0.681. The summed E-state index contributed by atoms with van der Waals surface area (Å²) in [5.41, 5.74) is 3.90. The molecule has 27 heavy (non-hydrogen) atoms. The molecule has 7 heteroatoms. The zero-order chi connectivity index (χ0) is 18.5. The lowest BCUT2D eigenvalue weighted by Gasteiger charge is -2.30. The minimum atomic E-state index is -1.79. The van der Waals surface area contributed by atoms with Gasteiger partial charge >= 0.3 is 12.5 Å². The maximum absolute atomic E-state index is 13.4. The van der Waals surface area contributed by atoms with Gasteiger partial charge in [0.15, 0.2) is 11.5 Å². The SMILES string of the molecule is COC(=O)[C@H]1Cc2c([nH]c3ccccc23)[C@@H](c2ccc3c(c2)OC(F)O3)N1. The van der Waals surface area contributed by atoms with Crippen LogP contribution in [0.4, 0.5) is 4.39 Å². The molecule has 2 aromatic carbocycles. The molecule has 138 valence electrons. The van der Waals surface area contributed by atoms with Gasteiger partial charge in [0.2, 0.25) is 0 Å². The van der Waals surface area contributed by atoms with Gasteiger partial charge in [-0.2, -0.15) is 4.39 Å². The first-order valence-corrected chi connectivity index (χ1v) is 8.68. The molecule has 6 nitrogen and oxygen atoms in total. The fraction of sp³-hybridized carbons (Fsp3) is 0.250. The molecule has 1 unspecified atom stereocenters. The minimum Gasteiger partial charge on any atom is -0.468 e. The Morgan fingerprint density at radius 3 is 2.85 bits per heavy atom. The van der Waals surface area contributed by atoms with Crippen molar-refractivity contribution in [2.24, 2.45) is 0 Å². The van der Waals surface area contributed by atoms with Crippen molar-refractivity contribution in [2.45, 2.75) is 25.0 Å². The fourth-order valence-electron chi connectivity index (χ4n) is 3.91. The lowest BCUT2D eigenvalue weighted by Crippen LogP contribution is -2.45. The number of hydrogen-bond donors (Lipinski definition) is 2. The van der Waals surface area contributed by atoms with Gasteiger partial charge in [0, 0.05) is 23.0 Å². The van der Waals surface area contributed by atoms with Crippen LogP contribution in [0.5, 0.6) is 11.5 Å². The molecule has 1 aromatic heterocycles. The van der Waals surface area contributed by atoms with Gasteiger partial charge in [-0.25, -0.2) is 0 Å². The van der Waals surface area contributed by atoms with E-state index in [1.54, 1.807) is 12.1 Å². The summed E-state index contributed by atoms with van der Waals surface area (Å²) < 4.78 is 28.3. The second-order valence-corrected chi connectivity index (χ2v) is 6.66. The van der Waals surface area contributed by atoms with Crippen LogP contribution in [-0.2, 0) is 16.0 Å². The van der Waals surface area contributed by atoms with E-state index in [-0.39, 0.29) is 12.0 Å². The summed E-state index contributed by atoms with van der Waals surface area (Å²) in [6.45, 7) is -1.79. The Labute approximate surface area is 154 Å². The number of nitrogens with one attached hydrogen (secondary N) is 2. The molecule has 0 fully saturated rings. The van der Waals surface area contributed by atoms with Crippen LogP contribution >= 0.6 is 0 Å². The number of rotatable bonds is 2. The number of esters is 1. The molecule has 0 aliphatic carbocycles. The Morgan fingerprint density at radius 1 is 1.19 bits per heavy atom. The van der Waals surface area contributed by atoms with Crippen LogP contribution in [0.15, 0.2) is 42.5 Å². The standard InChI is InChI=1S/C20H17FN2O4/c1-25-19(24)14-9-12-11-4-2-3-5-13(11)22-18(12)17(23-14)10-6-7-15-16(8-10)27-20(21)26-15/h2-8,14,17,20,22-23H,9H2,1H3/t14-,17-,20?/m1/s1. The van der Waals surface area contributed by atoms with E-state index in [0.29, 0.717) is 17.9 Å². The van der Waals surface area contributed by atoms with Crippen molar-refractivity contribution in [1.82, 2.24) is 10.3 Å². The summed E-state index contributed by atoms with van der Waals surface area (Å²) in [7, 11) is 1.38. The van der Waals surface area contributed by atoms with Crippen molar-refractivity contribution < 1.29 is 23.4 Å². The number of aromatic amines is 1. The molecule has 0 spiro atoms. The largest absolute Gasteiger partial charge is 0.468 e. The number of methoxy groups -OCH3 is 1. The molecule has 0 saturated heterocycles. The third kappa shape index (κ3) is 2.54. The van der Waals surface area contributed by atoms with Gasteiger partial charge < -0.3 is 19.2 Å². The maximum Gasteiger partial charge on any atom is 0.397 e. The Kier molecular flexibility index (Phi) is 3.58. The topological polar surface area (TPSA) is 72.6 Å². The van der Waals surface area contributed by atoms with Gasteiger partial charge in [0.05, 0.1) is 13.2 Å². The number of carbonyl (C=O) groups excluding carboxylic acids is 1. The number of aromatic nitrogens is 1. The van der Waals surface area contributed by atoms with Gasteiger partial charge in [-0.1, -0.05) is 24.3 Å². The fourth-order valence-corrected chi connectivity index (χ4v) is 3.91. The summed E-state index contributed by atoms with van der Waals surface area (Å²) in [5, 5.41) is 4.43. The number of benzene rings is 2. The Morgan fingerprint density at radius 2 is 2.00 bits per heavy atom. The highest BCUT2D eigenvalue weighted by atomic mass is 19.2. The molecule has 0 radical (unpaired) electrons. The first-order valence-electron chi connectivity index (χ1n) is 8.68. The smallest absolute Gasteiger partial charge is 0.397 e. The van der Waals surface area contributed by atoms with E-state index in [0.717, 1.165) is 27.7 Å². The Balaban J connectivity index is 1.63. The molecule has 3 atom stereocenters. The van der Waals surface area contributed by atoms with E-state index in [1.807, 2.05) is 30.3 Å². The van der Waals surface area contributed by atoms with E-state index in [2.05, 4.69) is 10.3 Å². The van der Waals surface area contributed by atoms with E-state index >= 15 is 0 Å². The molecular weight excluding hydrogens is 351 g/mol. The number of halogens is 1. The van der Waals surface area contributed by atoms with Crippen LogP contribution in [0, 0.1) is 0 Å². The number of fused-ring (bicyclic) bond motifs is 4. The Hall–Kier alpha value is -3.06. The van der Waals surface area contributed by atoms with Crippen LogP contribution in [0.3, 0.4) is 0 Å². The lowest BCUT2D eigenvalue weighted by atomic mass is 9.90. The average molecular weight is 368 g/mol. The monoisotopic (exact) mass is 368 g/mol. The summed E-state index contributed by atoms with van der Waals surface area (Å²) in [4.78, 5) is 15.7. The van der Waals surface area contributed by atoms with Crippen molar-refractivity contribution >= 4 is 16.9 Å². The highest BCUT2D eigenvalue weighted by Gasteiger charge is 2.35. The van der Waals surface area contributed by atoms with Crippen LogP contribution in [0.2, 0.25) is 0 Å². The molecule has 5 rings (SSSR count). The second kappa shape index (κ2) is 5.99. The number of para-hydroxylation sites is 1. The number of carbonyl (C=O) groups is 1. The van der Waals surface area contributed by atoms with Gasteiger partial charge in [0.25, 0.3) is 0 Å². The first kappa shape index (κ1) is 16.1. The zero-order valence-electron chi connectivity index (χ0n) is 14.5. The molecule has 2 N–H and O–H groups in total. The number of H-pyrrole nitrogens is 1. The van der Waals surface area contributed by atoms with Crippen molar-refractivity contribution in [3.63, 3.8) is 0 Å². The molecule has 0 saturated carbocycles. The minimum absolute atomic E-state index is 0.294. The van der Waals surface area contributed by atoms with Crippen LogP contribution in [0.25, 0.3) is 10.9 Å². The summed E-state index contributed by atoms with van der Waals surface area (Å²) in [5.74, 6) is 0.392. The van der Waals surface area contributed by atoms with Gasteiger partial charge in [0.1, 0.15) is 6.04 Å². The molecule has 3 aromatic rings. The van der Waals surface area contributed by atoms with Crippen molar-refractivity contribution in [2.75, 3.05) is 7.11 Å². The summed E-state index contributed by atoms with van der Waals surface area (Å²) >= 11 is 0. The van der Waals surface area contributed by atoms with Crippen molar-refractivity contribution in [3.8, 4) is 11.5 Å². The number of hydrogen-bond acceptors (Lipinski definition) is 5. The molecular formula is C20H17FN2O4. The zero-order valence-corrected chi connectivity index (χ0v) is 14.5. The van der Waals surface area contributed by atoms with Crippen LogP contribution in [-0.4, -0.2) is 30.6 Å². The molecule has 2 aliphatic rings. The number of alkyl halides is 1. The van der Waals surface area contributed by atoms with E-state index in [4.69, 9.17) is 14.2 Å². The molecule has 0 bridgehead atoms. The van der Waals surface area contributed by atoms with Crippen LogP contribution < -0.4 is 14.8 Å². The molecule has 0 amide bonds.